The highest BCUT2D eigenvalue weighted by Crippen LogP contribution is 2.44. The number of allylic oxidation sites excluding steroid dienone is 1. The lowest BCUT2D eigenvalue weighted by Crippen LogP contribution is -2.11. The summed E-state index contributed by atoms with van der Waals surface area (Å²) < 4.78 is 60.6. The van der Waals surface area contributed by atoms with Crippen molar-refractivity contribution in [1.29, 1.82) is 0 Å². The molecule has 0 atom stereocenters. The van der Waals surface area contributed by atoms with E-state index in [1.54, 1.807) is 6.07 Å². The number of aryl methyl sites for hydroxylation is 1. The van der Waals surface area contributed by atoms with E-state index in [4.69, 9.17) is 9.84 Å². The Labute approximate surface area is 159 Å². The summed E-state index contributed by atoms with van der Waals surface area (Å²) in [5.41, 5.74) is 1.71. The minimum absolute atomic E-state index is 0.0970. The van der Waals surface area contributed by atoms with Crippen molar-refractivity contribution in [2.45, 2.75) is 31.6 Å². The monoisotopic (exact) mass is 394 g/mol. The number of hydrogen-bond donors (Lipinski definition) is 1. The number of carbonyl (C=O) groups is 1. The van der Waals surface area contributed by atoms with Crippen LogP contribution in [-0.4, -0.2) is 23.6 Å². The molecule has 0 amide bonds. The number of benzene rings is 2. The Morgan fingerprint density at radius 2 is 1.79 bits per heavy atom. The topological polar surface area (TPSA) is 46.5 Å². The van der Waals surface area contributed by atoms with Crippen molar-refractivity contribution in [2.24, 2.45) is 0 Å². The van der Waals surface area contributed by atoms with Crippen LogP contribution in [0.2, 0.25) is 0 Å². The van der Waals surface area contributed by atoms with Gasteiger partial charge < -0.3 is 9.84 Å². The zero-order valence-electron chi connectivity index (χ0n) is 14.9. The molecule has 0 radical (unpaired) electrons. The van der Waals surface area contributed by atoms with Crippen molar-refractivity contribution in [3.8, 4) is 5.75 Å². The van der Waals surface area contributed by atoms with E-state index < -0.39 is 36.4 Å². The lowest BCUT2D eigenvalue weighted by Gasteiger charge is -2.11. The zero-order chi connectivity index (χ0) is 20.3. The minimum atomic E-state index is -2.93. The molecule has 2 aromatic rings. The normalized spacial score (nSPS) is 15.7. The summed E-state index contributed by atoms with van der Waals surface area (Å²) in [7, 11) is 0. The summed E-state index contributed by atoms with van der Waals surface area (Å²) in [6, 6.07) is 9.35. The van der Waals surface area contributed by atoms with E-state index in [0.29, 0.717) is 22.3 Å². The Hall–Kier alpha value is -2.83. The second kappa shape index (κ2) is 8.04. The van der Waals surface area contributed by atoms with E-state index >= 15 is 0 Å². The molecule has 1 N–H and O–H groups in total. The van der Waals surface area contributed by atoms with E-state index in [-0.39, 0.29) is 25.2 Å². The highest BCUT2D eigenvalue weighted by molar-refractivity contribution is 5.72. The lowest BCUT2D eigenvalue weighted by atomic mass is 10.0. The van der Waals surface area contributed by atoms with E-state index in [1.807, 2.05) is 0 Å². The quantitative estimate of drug-likeness (QED) is 0.653. The van der Waals surface area contributed by atoms with Crippen LogP contribution in [0.25, 0.3) is 5.57 Å². The minimum Gasteiger partial charge on any atom is -0.486 e. The van der Waals surface area contributed by atoms with Crippen molar-refractivity contribution in [2.75, 3.05) is 6.61 Å². The molecule has 1 aliphatic carbocycles. The van der Waals surface area contributed by atoms with Gasteiger partial charge in [0.15, 0.2) is 11.6 Å². The van der Waals surface area contributed by atoms with Gasteiger partial charge in [-0.3, -0.25) is 4.79 Å². The third-order valence-corrected chi connectivity index (χ3v) is 4.55. The smallest absolute Gasteiger partial charge is 0.303 e. The highest BCUT2D eigenvalue weighted by atomic mass is 19.3. The third kappa shape index (κ3) is 4.91. The number of alkyl halides is 2. The van der Waals surface area contributed by atoms with Gasteiger partial charge in [-0.2, -0.15) is 0 Å². The SMILES string of the molecule is O=C(O)CCc1ccc(OCC2=C(c3ccc(F)cc3)CC(F)(F)C2)c(F)c1. The number of carboxylic acids is 1. The molecule has 0 fully saturated rings. The van der Waals surface area contributed by atoms with Crippen LogP contribution in [0.3, 0.4) is 0 Å². The van der Waals surface area contributed by atoms with Crippen LogP contribution in [0.5, 0.6) is 5.75 Å². The second-order valence-corrected chi connectivity index (χ2v) is 6.75. The van der Waals surface area contributed by atoms with Gasteiger partial charge in [-0.1, -0.05) is 18.2 Å². The predicted molar refractivity (Wildman–Crippen MR) is 95.4 cm³/mol. The number of ether oxygens (including phenoxy) is 1. The van der Waals surface area contributed by atoms with Crippen molar-refractivity contribution in [3.05, 3.63) is 70.8 Å². The molecule has 0 unspecified atom stereocenters. The number of carboxylic acid groups (broad SMARTS) is 1. The van der Waals surface area contributed by atoms with E-state index in [2.05, 4.69) is 0 Å². The molecule has 148 valence electrons. The van der Waals surface area contributed by atoms with Crippen LogP contribution in [0.15, 0.2) is 48.0 Å². The molecule has 0 aromatic heterocycles. The molecule has 0 saturated carbocycles. The number of hydrogen-bond acceptors (Lipinski definition) is 2. The van der Waals surface area contributed by atoms with Gasteiger partial charge in [0.2, 0.25) is 0 Å². The maximum atomic E-state index is 14.2. The molecule has 0 heterocycles. The highest BCUT2D eigenvalue weighted by Gasteiger charge is 2.39. The summed E-state index contributed by atoms with van der Waals surface area (Å²) in [4.78, 5) is 10.6. The van der Waals surface area contributed by atoms with E-state index in [9.17, 15) is 22.4 Å². The molecule has 0 saturated heterocycles. The fourth-order valence-corrected chi connectivity index (χ4v) is 3.19. The molecule has 0 aliphatic heterocycles. The Morgan fingerprint density at radius 1 is 1.07 bits per heavy atom. The van der Waals surface area contributed by atoms with Gasteiger partial charge in [0.25, 0.3) is 5.92 Å². The van der Waals surface area contributed by atoms with Gasteiger partial charge in [0, 0.05) is 19.3 Å². The van der Waals surface area contributed by atoms with Gasteiger partial charge in [-0.25, -0.2) is 17.6 Å². The number of rotatable bonds is 7. The maximum absolute atomic E-state index is 14.2. The molecule has 0 spiro atoms. The fraction of sp³-hybridized carbons (Fsp3) is 0.286. The van der Waals surface area contributed by atoms with Crippen LogP contribution in [-0.2, 0) is 11.2 Å². The molecule has 3 nitrogen and oxygen atoms in total. The Balaban J connectivity index is 1.75. The van der Waals surface area contributed by atoms with Crippen LogP contribution in [0.4, 0.5) is 17.6 Å². The molecule has 28 heavy (non-hydrogen) atoms. The molecule has 7 heteroatoms. The Bertz CT molecular complexity index is 904. The number of aliphatic carboxylic acids is 1. The Morgan fingerprint density at radius 3 is 2.43 bits per heavy atom. The summed E-state index contributed by atoms with van der Waals surface area (Å²) in [6.07, 6.45) is -0.923. The summed E-state index contributed by atoms with van der Waals surface area (Å²) in [5.74, 6) is -5.15. The van der Waals surface area contributed by atoms with Crippen molar-refractivity contribution >= 4 is 11.5 Å². The van der Waals surface area contributed by atoms with Crippen LogP contribution >= 0.6 is 0 Å². The third-order valence-electron chi connectivity index (χ3n) is 4.55. The number of halogens is 4. The lowest BCUT2D eigenvalue weighted by molar-refractivity contribution is -0.136. The van der Waals surface area contributed by atoms with Gasteiger partial charge in [-0.05, 0) is 53.0 Å². The average Bonchev–Trinajstić information content (AvgIpc) is 2.94. The van der Waals surface area contributed by atoms with Gasteiger partial charge >= 0.3 is 5.97 Å². The molecule has 3 rings (SSSR count). The standard InChI is InChI=1S/C21H18F4O3/c22-16-5-3-14(4-6-16)17-11-21(24,25)10-15(17)12-28-19-7-1-13(9-18(19)23)2-8-20(26)27/h1,3-7,9H,2,8,10-12H2,(H,26,27). The molecular weight excluding hydrogens is 376 g/mol. The van der Waals surface area contributed by atoms with Crippen molar-refractivity contribution in [3.63, 3.8) is 0 Å². The molecule has 2 aromatic carbocycles. The van der Waals surface area contributed by atoms with Gasteiger partial charge in [0.1, 0.15) is 12.4 Å². The first-order valence-electron chi connectivity index (χ1n) is 8.71. The first-order chi connectivity index (χ1) is 13.2. The van der Waals surface area contributed by atoms with Crippen LogP contribution in [0, 0.1) is 11.6 Å². The first-order valence-corrected chi connectivity index (χ1v) is 8.71. The molecule has 1 aliphatic rings. The summed E-state index contributed by atoms with van der Waals surface area (Å²) in [6.45, 7) is -0.215. The van der Waals surface area contributed by atoms with E-state index in [0.717, 1.165) is 0 Å². The maximum Gasteiger partial charge on any atom is 0.303 e. The summed E-state index contributed by atoms with van der Waals surface area (Å²) in [5, 5.41) is 8.67. The summed E-state index contributed by atoms with van der Waals surface area (Å²) >= 11 is 0. The largest absolute Gasteiger partial charge is 0.486 e. The molecule has 0 bridgehead atoms. The van der Waals surface area contributed by atoms with Gasteiger partial charge in [0.05, 0.1) is 0 Å². The predicted octanol–water partition coefficient (Wildman–Crippen LogP) is 5.24. The van der Waals surface area contributed by atoms with Gasteiger partial charge in [-0.15, -0.1) is 0 Å². The fourth-order valence-electron chi connectivity index (χ4n) is 3.19. The zero-order valence-corrected chi connectivity index (χ0v) is 14.9. The average molecular weight is 394 g/mol. The van der Waals surface area contributed by atoms with E-state index in [1.165, 1.54) is 36.4 Å². The Kier molecular flexibility index (Phi) is 5.72. The van der Waals surface area contributed by atoms with Crippen LogP contribution < -0.4 is 4.74 Å². The van der Waals surface area contributed by atoms with Crippen LogP contribution in [0.1, 0.15) is 30.4 Å². The second-order valence-electron chi connectivity index (χ2n) is 6.75. The van der Waals surface area contributed by atoms with Crippen molar-refractivity contribution < 1.29 is 32.2 Å². The van der Waals surface area contributed by atoms with Crippen molar-refractivity contribution in [1.82, 2.24) is 0 Å². The first kappa shape index (κ1) is 19.9. The molecular formula is C21H18F4O3.